The van der Waals surface area contributed by atoms with Crippen LogP contribution in [0.1, 0.15) is 37.3 Å². The number of hydrogen-bond donors (Lipinski definition) is 2. The lowest BCUT2D eigenvalue weighted by Gasteiger charge is -2.14. The molecule has 2 rings (SSSR count). The van der Waals surface area contributed by atoms with Crippen LogP contribution >= 0.6 is 11.3 Å². The Morgan fingerprint density at radius 2 is 2.12 bits per heavy atom. The van der Waals surface area contributed by atoms with Gasteiger partial charge in [-0.1, -0.05) is 0 Å². The van der Waals surface area contributed by atoms with Gasteiger partial charge in [0.1, 0.15) is 5.60 Å². The van der Waals surface area contributed by atoms with Crippen LogP contribution < -0.4 is 5.32 Å². The van der Waals surface area contributed by atoms with Crippen LogP contribution in [0.3, 0.4) is 0 Å². The van der Waals surface area contributed by atoms with Gasteiger partial charge in [0.05, 0.1) is 5.69 Å². The van der Waals surface area contributed by atoms with Crippen molar-refractivity contribution in [2.24, 2.45) is 0 Å². The van der Waals surface area contributed by atoms with Crippen molar-refractivity contribution >= 4 is 22.4 Å². The number of nitrogens with one attached hydrogen (secondary N) is 1. The molecular formula is C11H16N2O2S. The van der Waals surface area contributed by atoms with Crippen LogP contribution in [0.4, 0.5) is 5.13 Å². The lowest BCUT2D eigenvalue weighted by atomic mass is 10.0. The summed E-state index contributed by atoms with van der Waals surface area (Å²) >= 11 is 1.53. The van der Waals surface area contributed by atoms with Crippen LogP contribution in [0.5, 0.6) is 0 Å². The van der Waals surface area contributed by atoms with Crippen molar-refractivity contribution in [3.63, 3.8) is 0 Å². The minimum Gasteiger partial charge on any atom is -0.381 e. The fourth-order valence-electron chi connectivity index (χ4n) is 1.66. The molecule has 0 aromatic carbocycles. The largest absolute Gasteiger partial charge is 0.381 e. The van der Waals surface area contributed by atoms with Gasteiger partial charge in [-0.25, -0.2) is 4.98 Å². The summed E-state index contributed by atoms with van der Waals surface area (Å²) < 4.78 is 0. The average Bonchev–Trinajstić information content (AvgIpc) is 2.58. The summed E-state index contributed by atoms with van der Waals surface area (Å²) in [5, 5.41) is 12.8. The predicted octanol–water partition coefficient (Wildman–Crippen LogP) is 1.73. The van der Waals surface area contributed by atoms with Crippen LogP contribution in [-0.2, 0) is 17.6 Å². The zero-order chi connectivity index (χ0) is 11.8. The molecule has 1 amide bonds. The van der Waals surface area contributed by atoms with E-state index in [0.717, 1.165) is 18.5 Å². The highest BCUT2D eigenvalue weighted by molar-refractivity contribution is 7.15. The maximum atomic E-state index is 11.6. The summed E-state index contributed by atoms with van der Waals surface area (Å²) in [7, 11) is 0. The van der Waals surface area contributed by atoms with E-state index in [1.54, 1.807) is 0 Å². The molecule has 0 fully saturated rings. The van der Waals surface area contributed by atoms with Crippen LogP contribution in [0.25, 0.3) is 0 Å². The van der Waals surface area contributed by atoms with Crippen molar-refractivity contribution in [3.8, 4) is 0 Å². The van der Waals surface area contributed by atoms with Crippen molar-refractivity contribution in [2.45, 2.75) is 45.1 Å². The van der Waals surface area contributed by atoms with E-state index >= 15 is 0 Å². The third-order valence-electron chi connectivity index (χ3n) is 2.62. The first kappa shape index (κ1) is 11.5. The first-order chi connectivity index (χ1) is 7.47. The molecule has 2 N–H and O–H groups in total. The predicted molar refractivity (Wildman–Crippen MR) is 63.7 cm³/mol. The van der Waals surface area contributed by atoms with E-state index in [4.69, 9.17) is 0 Å². The van der Waals surface area contributed by atoms with Crippen LogP contribution in [-0.4, -0.2) is 21.6 Å². The molecule has 4 nitrogen and oxygen atoms in total. The number of rotatable bonds is 2. The van der Waals surface area contributed by atoms with Crippen LogP contribution in [0.15, 0.2) is 0 Å². The molecule has 16 heavy (non-hydrogen) atoms. The molecule has 1 aromatic rings. The van der Waals surface area contributed by atoms with E-state index < -0.39 is 11.5 Å². The molecule has 0 bridgehead atoms. The molecule has 1 aliphatic rings. The first-order valence-electron chi connectivity index (χ1n) is 5.49. The number of nitrogens with zero attached hydrogens (tertiary/aromatic N) is 1. The Bertz CT molecular complexity index is 383. The van der Waals surface area contributed by atoms with Crippen LogP contribution in [0.2, 0.25) is 0 Å². The van der Waals surface area contributed by atoms with Gasteiger partial charge >= 0.3 is 0 Å². The number of aromatic nitrogens is 1. The molecule has 0 radical (unpaired) electrons. The topological polar surface area (TPSA) is 62.2 Å². The number of amides is 1. The molecule has 0 saturated heterocycles. The van der Waals surface area contributed by atoms with E-state index in [2.05, 4.69) is 10.3 Å². The Balaban J connectivity index is 2.11. The summed E-state index contributed by atoms with van der Waals surface area (Å²) in [6.07, 6.45) is 4.44. The van der Waals surface area contributed by atoms with Crippen molar-refractivity contribution in [3.05, 3.63) is 10.6 Å². The molecular weight excluding hydrogens is 224 g/mol. The number of anilines is 1. The van der Waals surface area contributed by atoms with E-state index in [1.807, 2.05) is 0 Å². The van der Waals surface area contributed by atoms with E-state index in [-0.39, 0.29) is 0 Å². The van der Waals surface area contributed by atoms with Crippen LogP contribution in [0, 0.1) is 0 Å². The van der Waals surface area contributed by atoms with E-state index in [1.165, 1.54) is 42.9 Å². The normalized spacial score (nSPS) is 15.7. The summed E-state index contributed by atoms with van der Waals surface area (Å²) in [6, 6.07) is 0. The van der Waals surface area contributed by atoms with Gasteiger partial charge in [-0.2, -0.15) is 0 Å². The molecule has 5 heteroatoms. The standard InChI is InChI=1S/C11H16N2O2S/c1-11(2,15)9(14)13-10-12-7-5-3-4-6-8(7)16-10/h15H,3-6H2,1-2H3,(H,12,13,14). The van der Waals surface area contributed by atoms with Gasteiger partial charge in [-0.15, -0.1) is 11.3 Å². The number of thiazole rings is 1. The highest BCUT2D eigenvalue weighted by Gasteiger charge is 2.25. The zero-order valence-corrected chi connectivity index (χ0v) is 10.4. The molecule has 1 heterocycles. The van der Waals surface area contributed by atoms with Gasteiger partial charge < -0.3 is 5.11 Å². The fraction of sp³-hybridized carbons (Fsp3) is 0.636. The Morgan fingerprint density at radius 3 is 2.75 bits per heavy atom. The Hall–Kier alpha value is -0.940. The summed E-state index contributed by atoms with van der Waals surface area (Å²) in [5.74, 6) is -0.404. The molecule has 0 aliphatic heterocycles. The Kier molecular flexibility index (Phi) is 2.99. The zero-order valence-electron chi connectivity index (χ0n) is 9.54. The number of carbonyl (C=O) groups is 1. The third-order valence-corrected chi connectivity index (χ3v) is 3.69. The number of carbonyl (C=O) groups excluding carboxylic acids is 1. The second-order valence-corrected chi connectivity index (χ2v) is 5.69. The minimum absolute atomic E-state index is 0.404. The van der Waals surface area contributed by atoms with Gasteiger partial charge in [-0.05, 0) is 39.5 Å². The first-order valence-corrected chi connectivity index (χ1v) is 6.31. The molecule has 0 atom stereocenters. The highest BCUT2D eigenvalue weighted by atomic mass is 32.1. The summed E-state index contributed by atoms with van der Waals surface area (Å²) in [4.78, 5) is 17.2. The fourth-order valence-corrected chi connectivity index (χ4v) is 2.70. The second-order valence-electron chi connectivity index (χ2n) is 4.61. The minimum atomic E-state index is -1.35. The van der Waals surface area contributed by atoms with Gasteiger partial charge in [0, 0.05) is 4.88 Å². The van der Waals surface area contributed by atoms with Gasteiger partial charge in [0.25, 0.3) is 5.91 Å². The average molecular weight is 240 g/mol. The Morgan fingerprint density at radius 1 is 1.44 bits per heavy atom. The smallest absolute Gasteiger partial charge is 0.257 e. The number of hydrogen-bond acceptors (Lipinski definition) is 4. The molecule has 88 valence electrons. The molecule has 0 spiro atoms. The third kappa shape index (κ3) is 2.41. The Labute approximate surface area is 98.7 Å². The summed E-state index contributed by atoms with van der Waals surface area (Å²) in [5.41, 5.74) is -0.242. The molecule has 0 saturated carbocycles. The quantitative estimate of drug-likeness (QED) is 0.827. The molecule has 0 unspecified atom stereocenters. The van der Waals surface area contributed by atoms with Crippen molar-refractivity contribution in [1.82, 2.24) is 4.98 Å². The lowest BCUT2D eigenvalue weighted by Crippen LogP contribution is -2.36. The molecule has 1 aliphatic carbocycles. The van der Waals surface area contributed by atoms with Crippen molar-refractivity contribution < 1.29 is 9.90 Å². The summed E-state index contributed by atoms with van der Waals surface area (Å²) in [6.45, 7) is 2.94. The van der Waals surface area contributed by atoms with Crippen molar-refractivity contribution in [1.29, 1.82) is 0 Å². The maximum absolute atomic E-state index is 11.6. The van der Waals surface area contributed by atoms with E-state index in [0.29, 0.717) is 5.13 Å². The number of aryl methyl sites for hydroxylation is 2. The number of fused-ring (bicyclic) bond motifs is 1. The number of aliphatic hydroxyl groups is 1. The SMILES string of the molecule is CC(C)(O)C(=O)Nc1nc2c(s1)CCCC2. The van der Waals surface area contributed by atoms with Gasteiger partial charge in [0.15, 0.2) is 5.13 Å². The maximum Gasteiger partial charge on any atom is 0.257 e. The molecule has 1 aromatic heterocycles. The monoisotopic (exact) mass is 240 g/mol. The van der Waals surface area contributed by atoms with E-state index in [9.17, 15) is 9.90 Å². The van der Waals surface area contributed by atoms with Gasteiger partial charge in [0.2, 0.25) is 0 Å². The second kappa shape index (κ2) is 4.14. The highest BCUT2D eigenvalue weighted by Crippen LogP contribution is 2.29. The lowest BCUT2D eigenvalue weighted by molar-refractivity contribution is -0.130. The van der Waals surface area contributed by atoms with Crippen molar-refractivity contribution in [2.75, 3.05) is 5.32 Å². The van der Waals surface area contributed by atoms with Gasteiger partial charge in [-0.3, -0.25) is 10.1 Å².